The molecule has 1 saturated carbocycles. The highest BCUT2D eigenvalue weighted by atomic mass is 32.2. The van der Waals surface area contributed by atoms with Crippen LogP contribution in [0.4, 0.5) is 0 Å². The largest absolute Gasteiger partial charge is 0.508 e. The summed E-state index contributed by atoms with van der Waals surface area (Å²) in [4.78, 5) is 2.88. The van der Waals surface area contributed by atoms with Crippen LogP contribution >= 0.6 is 0 Å². The maximum atomic E-state index is 12.7. The fourth-order valence-electron chi connectivity index (χ4n) is 6.23. The van der Waals surface area contributed by atoms with Gasteiger partial charge < -0.3 is 10.5 Å². The van der Waals surface area contributed by atoms with Gasteiger partial charge in [0.15, 0.2) is 0 Å². The van der Waals surface area contributed by atoms with Gasteiger partial charge in [-0.05, 0) is 92.2 Å². The number of aromatic hydroxyl groups is 1. The average Bonchev–Trinajstić information content (AvgIpc) is 3.08. The molecule has 2 aromatic rings. The molecule has 5 nitrogen and oxygen atoms in total. The summed E-state index contributed by atoms with van der Waals surface area (Å²) in [6, 6.07) is 12.7. The summed E-state index contributed by atoms with van der Waals surface area (Å²) in [5.74, 6) is 1.96. The molecule has 31 heavy (non-hydrogen) atoms. The first-order valence-corrected chi connectivity index (χ1v) is 12.6. The SMILES string of the molecule is Cc1ccc(S(=O)(=O)NNC2=CC[C@H]3[C@@H]4CCc5cc(O)ccc5[C@H]4CC[C@]23C)cc1. The van der Waals surface area contributed by atoms with Crippen molar-refractivity contribution in [3.8, 4) is 5.75 Å². The molecule has 1 fully saturated rings. The van der Waals surface area contributed by atoms with E-state index in [2.05, 4.69) is 29.3 Å². The number of hydrogen-bond acceptors (Lipinski definition) is 4. The molecule has 5 rings (SSSR count). The molecule has 0 bridgehead atoms. The number of nitrogens with one attached hydrogen (secondary N) is 2. The van der Waals surface area contributed by atoms with Crippen LogP contribution in [0, 0.1) is 24.2 Å². The Morgan fingerprint density at radius 3 is 2.65 bits per heavy atom. The van der Waals surface area contributed by atoms with Gasteiger partial charge in [0.25, 0.3) is 10.0 Å². The monoisotopic (exact) mass is 438 g/mol. The highest BCUT2D eigenvalue weighted by Crippen LogP contribution is 2.60. The zero-order valence-corrected chi connectivity index (χ0v) is 18.9. The van der Waals surface area contributed by atoms with Crippen molar-refractivity contribution >= 4 is 10.0 Å². The van der Waals surface area contributed by atoms with Gasteiger partial charge in [0, 0.05) is 11.1 Å². The van der Waals surface area contributed by atoms with E-state index < -0.39 is 10.0 Å². The molecule has 3 aliphatic rings. The number of hydrogen-bond donors (Lipinski definition) is 3. The molecule has 0 unspecified atom stereocenters. The van der Waals surface area contributed by atoms with Crippen molar-refractivity contribution in [3.05, 3.63) is 70.9 Å². The van der Waals surface area contributed by atoms with Crippen LogP contribution in [0.5, 0.6) is 5.75 Å². The first kappa shape index (κ1) is 20.6. The standard InChI is InChI=1S/C25H30N2O3S/c1-16-3-7-19(8-4-16)31(29,30)27-26-24-12-11-23-22-9-5-17-15-18(28)6-10-20(17)21(22)13-14-25(23,24)2/h3-4,6-8,10,12,15,21-23,26-28H,5,9,11,13-14H2,1-2H3/t21-,22-,23+,25+/m1/s1. The van der Waals surface area contributed by atoms with E-state index in [0.29, 0.717) is 23.5 Å². The van der Waals surface area contributed by atoms with Gasteiger partial charge >= 0.3 is 0 Å². The van der Waals surface area contributed by atoms with E-state index in [1.54, 1.807) is 12.1 Å². The van der Waals surface area contributed by atoms with E-state index in [4.69, 9.17) is 0 Å². The topological polar surface area (TPSA) is 78.4 Å². The second-order valence-electron chi connectivity index (χ2n) is 9.65. The highest BCUT2D eigenvalue weighted by Gasteiger charge is 2.52. The molecule has 2 aromatic carbocycles. The van der Waals surface area contributed by atoms with E-state index in [-0.39, 0.29) is 10.3 Å². The third-order valence-electron chi connectivity index (χ3n) is 7.94. The number of fused-ring (bicyclic) bond motifs is 5. The number of allylic oxidation sites excluding steroid dienone is 2. The third kappa shape index (κ3) is 3.46. The molecule has 4 atom stereocenters. The van der Waals surface area contributed by atoms with Crippen LogP contribution in [0.25, 0.3) is 0 Å². The molecule has 6 heteroatoms. The van der Waals surface area contributed by atoms with E-state index in [1.165, 1.54) is 11.1 Å². The molecule has 0 radical (unpaired) electrons. The maximum Gasteiger partial charge on any atom is 0.257 e. The smallest absolute Gasteiger partial charge is 0.257 e. The highest BCUT2D eigenvalue weighted by molar-refractivity contribution is 7.89. The summed E-state index contributed by atoms with van der Waals surface area (Å²) in [5, 5.41) is 9.86. The van der Waals surface area contributed by atoms with Crippen LogP contribution in [0.2, 0.25) is 0 Å². The molecular formula is C25H30N2O3S. The minimum Gasteiger partial charge on any atom is -0.508 e. The number of phenolic OH excluding ortho intramolecular Hbond substituents is 1. The zero-order valence-electron chi connectivity index (χ0n) is 18.1. The lowest BCUT2D eigenvalue weighted by molar-refractivity contribution is 0.0704. The van der Waals surface area contributed by atoms with E-state index in [9.17, 15) is 13.5 Å². The Hall–Kier alpha value is -2.31. The fraction of sp³-hybridized carbons (Fsp3) is 0.440. The zero-order chi connectivity index (χ0) is 21.8. The number of hydrazine groups is 1. The van der Waals surface area contributed by atoms with Crippen LogP contribution in [-0.4, -0.2) is 13.5 Å². The lowest BCUT2D eigenvalue weighted by atomic mass is 9.55. The van der Waals surface area contributed by atoms with Crippen LogP contribution in [-0.2, 0) is 16.4 Å². The normalized spacial score (nSPS) is 29.5. The predicted molar refractivity (Wildman–Crippen MR) is 121 cm³/mol. The lowest BCUT2D eigenvalue weighted by Crippen LogP contribution is -2.46. The van der Waals surface area contributed by atoms with Crippen molar-refractivity contribution in [2.75, 3.05) is 0 Å². The summed E-state index contributed by atoms with van der Waals surface area (Å²) in [7, 11) is -3.62. The van der Waals surface area contributed by atoms with Gasteiger partial charge in [0.2, 0.25) is 0 Å². The third-order valence-corrected chi connectivity index (χ3v) is 9.21. The summed E-state index contributed by atoms with van der Waals surface area (Å²) in [6.07, 6.45) is 7.39. The van der Waals surface area contributed by atoms with Gasteiger partial charge in [-0.2, -0.15) is 0 Å². The Morgan fingerprint density at radius 1 is 1.10 bits per heavy atom. The lowest BCUT2D eigenvalue weighted by Gasteiger charge is -2.50. The summed E-state index contributed by atoms with van der Waals surface area (Å²) >= 11 is 0. The predicted octanol–water partition coefficient (Wildman–Crippen LogP) is 4.53. The Bertz CT molecular complexity index is 1140. The molecule has 0 heterocycles. The second-order valence-corrected chi connectivity index (χ2v) is 11.3. The second kappa shape index (κ2) is 7.38. The van der Waals surface area contributed by atoms with Gasteiger partial charge in [-0.3, -0.25) is 0 Å². The van der Waals surface area contributed by atoms with Gasteiger partial charge in [-0.25, -0.2) is 8.42 Å². The molecule has 3 aliphatic carbocycles. The van der Waals surface area contributed by atoms with E-state index in [0.717, 1.165) is 43.4 Å². The summed E-state index contributed by atoms with van der Waals surface area (Å²) in [5.41, 5.74) is 7.76. The first-order chi connectivity index (χ1) is 14.8. The van der Waals surface area contributed by atoms with Gasteiger partial charge in [0.05, 0.1) is 4.90 Å². The Morgan fingerprint density at radius 2 is 1.87 bits per heavy atom. The van der Waals surface area contributed by atoms with Gasteiger partial charge in [-0.1, -0.05) is 36.8 Å². The van der Waals surface area contributed by atoms with Crippen molar-refractivity contribution in [1.29, 1.82) is 0 Å². The van der Waals surface area contributed by atoms with Crippen molar-refractivity contribution in [1.82, 2.24) is 10.3 Å². The van der Waals surface area contributed by atoms with Gasteiger partial charge in [-0.15, -0.1) is 4.83 Å². The number of benzene rings is 2. The molecule has 0 aromatic heterocycles. The Kier molecular flexibility index (Phi) is 4.90. The van der Waals surface area contributed by atoms with E-state index >= 15 is 0 Å². The minimum atomic E-state index is -3.62. The molecule has 0 amide bonds. The van der Waals surface area contributed by atoms with Crippen LogP contribution in [0.1, 0.15) is 55.2 Å². The van der Waals surface area contributed by atoms with Crippen molar-refractivity contribution < 1.29 is 13.5 Å². The molecule has 3 N–H and O–H groups in total. The molecule has 0 aliphatic heterocycles. The Balaban J connectivity index is 1.32. The maximum absolute atomic E-state index is 12.7. The average molecular weight is 439 g/mol. The number of phenols is 1. The summed E-state index contributed by atoms with van der Waals surface area (Å²) < 4.78 is 25.5. The first-order valence-electron chi connectivity index (χ1n) is 11.1. The van der Waals surface area contributed by atoms with Crippen LogP contribution < -0.4 is 10.3 Å². The molecule has 164 valence electrons. The Labute approximate surface area is 184 Å². The van der Waals surface area contributed by atoms with Gasteiger partial charge in [0.1, 0.15) is 5.75 Å². The quantitative estimate of drug-likeness (QED) is 0.613. The molecule has 0 saturated heterocycles. The summed E-state index contributed by atoms with van der Waals surface area (Å²) in [6.45, 7) is 4.22. The fourth-order valence-corrected chi connectivity index (χ4v) is 7.08. The van der Waals surface area contributed by atoms with Crippen molar-refractivity contribution in [2.45, 2.75) is 56.8 Å². The minimum absolute atomic E-state index is 0.0502. The number of aryl methyl sites for hydroxylation is 2. The molecule has 0 spiro atoms. The van der Waals surface area contributed by atoms with Crippen molar-refractivity contribution in [2.24, 2.45) is 17.3 Å². The van der Waals surface area contributed by atoms with Crippen LogP contribution in [0.3, 0.4) is 0 Å². The van der Waals surface area contributed by atoms with E-state index in [1.807, 2.05) is 31.2 Å². The van der Waals surface area contributed by atoms with Crippen LogP contribution in [0.15, 0.2) is 59.1 Å². The number of sulfonamides is 1. The molecular weight excluding hydrogens is 408 g/mol. The van der Waals surface area contributed by atoms with Crippen molar-refractivity contribution in [3.63, 3.8) is 0 Å². The number of rotatable bonds is 4.